The fourth-order valence-electron chi connectivity index (χ4n) is 6.94. The van der Waals surface area contributed by atoms with E-state index < -0.39 is 41.7 Å². The average Bonchev–Trinajstić information content (AvgIpc) is 3.72. The second-order valence-electron chi connectivity index (χ2n) is 14.5. The zero-order valence-electron chi connectivity index (χ0n) is 32.5. The number of carbonyl (C=O) groups is 2. The van der Waals surface area contributed by atoms with Gasteiger partial charge >= 0.3 is 5.97 Å². The predicted octanol–water partition coefficient (Wildman–Crippen LogP) is 8.06. The molecule has 0 saturated carbocycles. The molecule has 10 heteroatoms. The van der Waals surface area contributed by atoms with Crippen LogP contribution in [-0.2, 0) is 42.5 Å². The van der Waals surface area contributed by atoms with Crippen LogP contribution in [-0.4, -0.2) is 57.8 Å². The molecule has 1 unspecified atom stereocenters. The molecule has 0 spiro atoms. The first-order valence-electron chi connectivity index (χ1n) is 18.7. The molecular weight excluding hydrogens is 717 g/mol. The molecular formula is C47H46N4O6. The number of aromatic nitrogens is 2. The fourth-order valence-corrected chi connectivity index (χ4v) is 6.94. The topological polar surface area (TPSA) is 112 Å². The van der Waals surface area contributed by atoms with Crippen LogP contribution < -0.4 is 4.74 Å². The first-order valence-corrected chi connectivity index (χ1v) is 18.7. The molecule has 2 atom stereocenters. The van der Waals surface area contributed by atoms with E-state index in [1.54, 1.807) is 58.6 Å². The van der Waals surface area contributed by atoms with E-state index >= 15 is 0 Å². The molecule has 0 aliphatic rings. The third-order valence-corrected chi connectivity index (χ3v) is 9.45. The van der Waals surface area contributed by atoms with Gasteiger partial charge < -0.3 is 23.7 Å². The summed E-state index contributed by atoms with van der Waals surface area (Å²) in [5.74, 6) is -0.558. The van der Waals surface area contributed by atoms with Gasteiger partial charge in [-0.2, -0.15) is 4.99 Å². The number of ether oxygens (including phenoxy) is 3. The standard InChI is InChI=1S/C47H46N4O6/c1-46(2,3)57-42(53)31-50(29-35-25-27-40(55-4)28-26-35)45(54)44(56-32-36-17-9-5-10-18-36)43(49-34-52)41-30-51(33-48-41)47(37-19-11-6-12-20-37,38-21-13-7-14-22-38)39-23-15-8-16-24-39/h5-28,30,33,43-44H,29,31-32H2,1-4H3/t43?,44-/m0/s1. The number of carbonyl (C=O) groups excluding carboxylic acids is 3. The molecule has 0 fully saturated rings. The maximum Gasteiger partial charge on any atom is 0.326 e. The van der Waals surface area contributed by atoms with Crippen molar-refractivity contribution in [3.05, 3.63) is 192 Å². The Hall–Kier alpha value is -6.61. The molecule has 0 saturated heterocycles. The van der Waals surface area contributed by atoms with Gasteiger partial charge in [-0.1, -0.05) is 133 Å². The Labute approximate surface area is 333 Å². The predicted molar refractivity (Wildman–Crippen MR) is 217 cm³/mol. The number of benzene rings is 5. The van der Waals surface area contributed by atoms with Crippen molar-refractivity contribution >= 4 is 18.0 Å². The minimum Gasteiger partial charge on any atom is -0.497 e. The largest absolute Gasteiger partial charge is 0.497 e. The van der Waals surface area contributed by atoms with Gasteiger partial charge in [-0.05, 0) is 60.7 Å². The first-order chi connectivity index (χ1) is 27.6. The third-order valence-electron chi connectivity index (χ3n) is 9.45. The average molecular weight is 763 g/mol. The Bertz CT molecular complexity index is 2150. The Kier molecular flexibility index (Phi) is 12.9. The van der Waals surface area contributed by atoms with Crippen molar-refractivity contribution in [3.8, 4) is 5.75 Å². The highest BCUT2D eigenvalue weighted by molar-refractivity contribution is 5.86. The minimum atomic E-state index is -1.41. The number of nitrogens with zero attached hydrogens (tertiary/aromatic N) is 4. The summed E-state index contributed by atoms with van der Waals surface area (Å²) in [6.45, 7) is 4.93. The van der Waals surface area contributed by atoms with Crippen LogP contribution in [0.25, 0.3) is 0 Å². The summed E-state index contributed by atoms with van der Waals surface area (Å²) < 4.78 is 19.4. The number of esters is 1. The minimum absolute atomic E-state index is 0.00757. The van der Waals surface area contributed by atoms with Crippen molar-refractivity contribution in [3.63, 3.8) is 0 Å². The summed E-state index contributed by atoms with van der Waals surface area (Å²) >= 11 is 0. The Morgan fingerprint density at radius 2 is 1.28 bits per heavy atom. The van der Waals surface area contributed by atoms with Crippen molar-refractivity contribution in [2.24, 2.45) is 4.99 Å². The molecule has 0 N–H and O–H groups in total. The Morgan fingerprint density at radius 3 is 1.77 bits per heavy atom. The van der Waals surface area contributed by atoms with Crippen molar-refractivity contribution in [2.45, 2.75) is 57.2 Å². The van der Waals surface area contributed by atoms with Crippen LogP contribution in [0, 0.1) is 0 Å². The number of rotatable bonds is 16. The Morgan fingerprint density at radius 1 is 0.754 bits per heavy atom. The number of amides is 1. The summed E-state index contributed by atoms with van der Waals surface area (Å²) in [5.41, 5.74) is 2.96. The SMILES string of the molecule is COc1ccc(CN(CC(=O)OC(C)(C)C)C(=O)[C@@H](OCc2ccccc2)C(N=C=O)c2cn(C(c3ccccc3)(c3ccccc3)c3ccccc3)cn2)cc1. The molecule has 290 valence electrons. The molecule has 1 heterocycles. The van der Waals surface area contributed by atoms with E-state index in [1.807, 2.05) is 102 Å². The lowest BCUT2D eigenvalue weighted by Crippen LogP contribution is -2.46. The highest BCUT2D eigenvalue weighted by Crippen LogP contribution is 2.41. The first kappa shape index (κ1) is 40.1. The number of imidazole rings is 1. The van der Waals surface area contributed by atoms with Gasteiger partial charge in [0.25, 0.3) is 5.91 Å². The van der Waals surface area contributed by atoms with Crippen molar-refractivity contribution in [1.29, 1.82) is 0 Å². The maximum absolute atomic E-state index is 15.0. The summed E-state index contributed by atoms with van der Waals surface area (Å²) in [7, 11) is 1.57. The van der Waals surface area contributed by atoms with Crippen LogP contribution in [0.1, 0.15) is 60.3 Å². The molecule has 57 heavy (non-hydrogen) atoms. The zero-order chi connectivity index (χ0) is 40.3. The van der Waals surface area contributed by atoms with E-state index in [0.717, 1.165) is 27.8 Å². The normalized spacial score (nSPS) is 12.5. The van der Waals surface area contributed by atoms with Gasteiger partial charge in [-0.25, -0.2) is 9.78 Å². The van der Waals surface area contributed by atoms with Crippen LogP contribution in [0.4, 0.5) is 0 Å². The molecule has 0 aliphatic heterocycles. The number of hydrogen-bond acceptors (Lipinski definition) is 8. The number of hydrogen-bond donors (Lipinski definition) is 0. The second kappa shape index (κ2) is 18.3. The number of isocyanates is 1. The summed E-state index contributed by atoms with van der Waals surface area (Å²) in [6.07, 6.45) is 3.76. The van der Waals surface area contributed by atoms with Gasteiger partial charge in [0, 0.05) is 12.7 Å². The van der Waals surface area contributed by atoms with Gasteiger partial charge in [0.1, 0.15) is 29.5 Å². The van der Waals surface area contributed by atoms with Crippen LogP contribution >= 0.6 is 0 Å². The lowest BCUT2D eigenvalue weighted by atomic mass is 9.77. The molecule has 0 bridgehead atoms. The summed E-state index contributed by atoms with van der Waals surface area (Å²) in [6, 6.07) is 45.5. The lowest BCUT2D eigenvalue weighted by Gasteiger charge is -2.37. The van der Waals surface area contributed by atoms with E-state index in [4.69, 9.17) is 19.2 Å². The zero-order valence-corrected chi connectivity index (χ0v) is 32.5. The van der Waals surface area contributed by atoms with Crippen LogP contribution in [0.15, 0.2) is 163 Å². The van der Waals surface area contributed by atoms with Gasteiger partial charge in [-0.15, -0.1) is 0 Å². The van der Waals surface area contributed by atoms with E-state index in [2.05, 4.69) is 41.4 Å². The van der Waals surface area contributed by atoms with E-state index in [-0.39, 0.29) is 13.2 Å². The van der Waals surface area contributed by atoms with Crippen molar-refractivity contribution in [2.75, 3.05) is 13.7 Å². The molecule has 1 aromatic heterocycles. The van der Waals surface area contributed by atoms with E-state index in [0.29, 0.717) is 11.4 Å². The lowest BCUT2D eigenvalue weighted by molar-refractivity contribution is -0.162. The fraction of sp³-hybridized carbons (Fsp3) is 0.234. The molecule has 5 aromatic carbocycles. The van der Waals surface area contributed by atoms with Gasteiger partial charge in [0.15, 0.2) is 6.10 Å². The number of methoxy groups -OCH3 is 1. The van der Waals surface area contributed by atoms with Crippen LogP contribution in [0.2, 0.25) is 0 Å². The monoisotopic (exact) mass is 762 g/mol. The quantitative estimate of drug-likeness (QED) is 0.0425. The second-order valence-corrected chi connectivity index (χ2v) is 14.5. The smallest absolute Gasteiger partial charge is 0.326 e. The number of aliphatic imine (C=N–C) groups is 1. The van der Waals surface area contributed by atoms with Crippen LogP contribution in [0.3, 0.4) is 0 Å². The maximum atomic E-state index is 15.0. The molecule has 0 radical (unpaired) electrons. The van der Waals surface area contributed by atoms with Crippen molar-refractivity contribution < 1.29 is 28.6 Å². The Balaban J connectivity index is 1.48. The molecule has 1 amide bonds. The van der Waals surface area contributed by atoms with Gasteiger partial charge in [0.2, 0.25) is 6.08 Å². The highest BCUT2D eigenvalue weighted by Gasteiger charge is 2.41. The van der Waals surface area contributed by atoms with Crippen LogP contribution in [0.5, 0.6) is 5.75 Å². The van der Waals surface area contributed by atoms with Gasteiger partial charge in [0.05, 0.1) is 25.7 Å². The summed E-state index contributed by atoms with van der Waals surface area (Å²) in [5, 5.41) is 0. The van der Waals surface area contributed by atoms with Gasteiger partial charge in [-0.3, -0.25) is 9.59 Å². The molecule has 6 aromatic rings. The molecule has 10 nitrogen and oxygen atoms in total. The molecule has 6 rings (SSSR count). The summed E-state index contributed by atoms with van der Waals surface area (Å²) in [4.78, 5) is 51.1. The highest BCUT2D eigenvalue weighted by atomic mass is 16.6. The van der Waals surface area contributed by atoms with E-state index in [1.165, 1.54) is 4.90 Å². The van der Waals surface area contributed by atoms with Crippen molar-refractivity contribution in [1.82, 2.24) is 14.5 Å². The third kappa shape index (κ3) is 9.62. The molecule has 0 aliphatic carbocycles. The van der Waals surface area contributed by atoms with E-state index in [9.17, 15) is 14.4 Å².